The minimum absolute atomic E-state index is 0.0730. The van der Waals surface area contributed by atoms with Gasteiger partial charge in [-0.05, 0) is 54.7 Å². The molecule has 0 radical (unpaired) electrons. The molecule has 0 amide bonds. The average Bonchev–Trinajstić information content (AvgIpc) is 2.54. The summed E-state index contributed by atoms with van der Waals surface area (Å²) in [6.07, 6.45) is 0. The molecule has 0 aliphatic rings. The SMILES string of the molecule is CCOc1ccc(S(=O)(=O)N[C@H](C)c2ccc(C(C)(C)C)cc2)cc1. The molecule has 136 valence electrons. The van der Waals surface area contributed by atoms with E-state index in [9.17, 15) is 8.42 Å². The summed E-state index contributed by atoms with van der Waals surface area (Å²) in [5.74, 6) is 0.660. The van der Waals surface area contributed by atoms with Gasteiger partial charge in [-0.15, -0.1) is 0 Å². The highest BCUT2D eigenvalue weighted by Gasteiger charge is 2.19. The van der Waals surface area contributed by atoms with Crippen LogP contribution in [0.4, 0.5) is 0 Å². The highest BCUT2D eigenvalue weighted by atomic mass is 32.2. The first-order chi connectivity index (χ1) is 11.6. The Kier molecular flexibility index (Phi) is 5.91. The molecule has 2 rings (SSSR count). The van der Waals surface area contributed by atoms with Crippen LogP contribution in [0, 0.1) is 0 Å². The summed E-state index contributed by atoms with van der Waals surface area (Å²) in [4.78, 5) is 0.231. The predicted octanol–water partition coefficient (Wildman–Crippen LogP) is 4.42. The summed E-state index contributed by atoms with van der Waals surface area (Å²) in [6, 6.07) is 14.2. The van der Waals surface area contributed by atoms with Crippen LogP contribution < -0.4 is 9.46 Å². The molecule has 0 heterocycles. The smallest absolute Gasteiger partial charge is 0.241 e. The molecule has 2 aromatic carbocycles. The van der Waals surface area contributed by atoms with Gasteiger partial charge in [0.05, 0.1) is 11.5 Å². The molecular formula is C20H27NO3S. The topological polar surface area (TPSA) is 55.4 Å². The van der Waals surface area contributed by atoms with Crippen LogP contribution in [0.15, 0.2) is 53.4 Å². The molecule has 2 aromatic rings. The van der Waals surface area contributed by atoms with Gasteiger partial charge in [-0.1, -0.05) is 45.0 Å². The molecule has 0 aliphatic heterocycles. The Bertz CT molecular complexity index is 788. The predicted molar refractivity (Wildman–Crippen MR) is 101 cm³/mol. The quantitative estimate of drug-likeness (QED) is 0.828. The van der Waals surface area contributed by atoms with Crippen molar-refractivity contribution in [2.24, 2.45) is 0 Å². The van der Waals surface area contributed by atoms with Crippen molar-refractivity contribution >= 4 is 10.0 Å². The van der Waals surface area contributed by atoms with Crippen molar-refractivity contribution in [3.63, 3.8) is 0 Å². The molecule has 0 aromatic heterocycles. The van der Waals surface area contributed by atoms with Crippen molar-refractivity contribution in [2.45, 2.75) is 51.0 Å². The van der Waals surface area contributed by atoms with Gasteiger partial charge >= 0.3 is 0 Å². The normalized spacial score (nSPS) is 13.5. The fourth-order valence-electron chi connectivity index (χ4n) is 2.52. The fourth-order valence-corrected chi connectivity index (χ4v) is 3.75. The maximum Gasteiger partial charge on any atom is 0.241 e. The lowest BCUT2D eigenvalue weighted by molar-refractivity contribution is 0.340. The molecule has 0 aliphatic carbocycles. The Hall–Kier alpha value is -1.85. The molecule has 0 bridgehead atoms. The minimum Gasteiger partial charge on any atom is -0.494 e. The highest BCUT2D eigenvalue weighted by molar-refractivity contribution is 7.89. The summed E-state index contributed by atoms with van der Waals surface area (Å²) in [5, 5.41) is 0. The molecule has 25 heavy (non-hydrogen) atoms. The largest absolute Gasteiger partial charge is 0.494 e. The van der Waals surface area contributed by atoms with Gasteiger partial charge in [-0.3, -0.25) is 0 Å². The number of benzene rings is 2. The number of hydrogen-bond donors (Lipinski definition) is 1. The monoisotopic (exact) mass is 361 g/mol. The third-order valence-electron chi connectivity index (χ3n) is 4.05. The fraction of sp³-hybridized carbons (Fsp3) is 0.400. The van der Waals surface area contributed by atoms with E-state index in [4.69, 9.17) is 4.74 Å². The van der Waals surface area contributed by atoms with E-state index in [1.807, 2.05) is 26.0 Å². The molecule has 0 fully saturated rings. The van der Waals surface area contributed by atoms with Gasteiger partial charge in [0.15, 0.2) is 0 Å². The third kappa shape index (κ3) is 5.06. The van der Waals surface area contributed by atoms with E-state index >= 15 is 0 Å². The van der Waals surface area contributed by atoms with Crippen molar-refractivity contribution < 1.29 is 13.2 Å². The molecule has 5 heteroatoms. The number of rotatable bonds is 6. The Morgan fingerprint density at radius 2 is 1.56 bits per heavy atom. The third-order valence-corrected chi connectivity index (χ3v) is 5.61. The summed E-state index contributed by atoms with van der Waals surface area (Å²) in [5.41, 5.74) is 2.23. The first-order valence-corrected chi connectivity index (χ1v) is 9.97. The van der Waals surface area contributed by atoms with Crippen LogP contribution in [0.5, 0.6) is 5.75 Å². The Labute approximate surface area is 151 Å². The Balaban J connectivity index is 2.14. The van der Waals surface area contributed by atoms with Gasteiger partial charge in [0, 0.05) is 6.04 Å². The summed E-state index contributed by atoms with van der Waals surface area (Å²) >= 11 is 0. The van der Waals surface area contributed by atoms with Crippen molar-refractivity contribution in [3.8, 4) is 5.75 Å². The van der Waals surface area contributed by atoms with Crippen molar-refractivity contribution in [1.82, 2.24) is 4.72 Å². The van der Waals surface area contributed by atoms with Crippen LogP contribution in [0.25, 0.3) is 0 Å². The molecular weight excluding hydrogens is 334 g/mol. The lowest BCUT2D eigenvalue weighted by Crippen LogP contribution is -2.27. The van der Waals surface area contributed by atoms with Crippen molar-refractivity contribution in [2.75, 3.05) is 6.61 Å². The minimum atomic E-state index is -3.58. The van der Waals surface area contributed by atoms with Gasteiger partial charge in [0.25, 0.3) is 0 Å². The van der Waals surface area contributed by atoms with Crippen LogP contribution in [0.1, 0.15) is 51.8 Å². The van der Waals surface area contributed by atoms with Crippen LogP contribution in [-0.4, -0.2) is 15.0 Å². The summed E-state index contributed by atoms with van der Waals surface area (Å²) < 4.78 is 33.2. The van der Waals surface area contributed by atoms with Gasteiger partial charge in [0.2, 0.25) is 10.0 Å². The molecule has 0 unspecified atom stereocenters. The number of nitrogens with one attached hydrogen (secondary N) is 1. The second-order valence-electron chi connectivity index (χ2n) is 7.12. The second-order valence-corrected chi connectivity index (χ2v) is 8.83. The molecule has 1 N–H and O–H groups in total. The highest BCUT2D eigenvalue weighted by Crippen LogP contribution is 2.25. The van der Waals surface area contributed by atoms with Gasteiger partial charge < -0.3 is 4.74 Å². The zero-order valence-electron chi connectivity index (χ0n) is 15.5. The van der Waals surface area contributed by atoms with Crippen molar-refractivity contribution in [1.29, 1.82) is 0 Å². The van der Waals surface area contributed by atoms with E-state index in [1.165, 1.54) is 5.56 Å². The van der Waals surface area contributed by atoms with Crippen molar-refractivity contribution in [3.05, 3.63) is 59.7 Å². The lowest BCUT2D eigenvalue weighted by Gasteiger charge is -2.20. The Morgan fingerprint density at radius 3 is 2.04 bits per heavy atom. The van der Waals surface area contributed by atoms with E-state index < -0.39 is 10.0 Å². The molecule has 1 atom stereocenters. The van der Waals surface area contributed by atoms with Gasteiger partial charge in [0.1, 0.15) is 5.75 Å². The van der Waals surface area contributed by atoms with Crippen LogP contribution in [0.3, 0.4) is 0 Å². The number of hydrogen-bond acceptors (Lipinski definition) is 3. The van der Waals surface area contributed by atoms with Crippen LogP contribution in [0.2, 0.25) is 0 Å². The maximum atomic E-state index is 12.6. The molecule has 4 nitrogen and oxygen atoms in total. The van der Waals surface area contributed by atoms with E-state index in [0.29, 0.717) is 12.4 Å². The standard InChI is InChI=1S/C20H27NO3S/c1-6-24-18-11-13-19(14-12-18)25(22,23)21-15(2)16-7-9-17(10-8-16)20(3,4)5/h7-15,21H,6H2,1-5H3/t15-/m1/s1. The number of ether oxygens (including phenoxy) is 1. The van der Waals surface area contributed by atoms with Crippen LogP contribution >= 0.6 is 0 Å². The molecule has 0 saturated carbocycles. The zero-order chi connectivity index (χ0) is 18.7. The van der Waals surface area contributed by atoms with Gasteiger partial charge in [-0.25, -0.2) is 13.1 Å². The first-order valence-electron chi connectivity index (χ1n) is 8.49. The Morgan fingerprint density at radius 1 is 1.00 bits per heavy atom. The summed E-state index contributed by atoms with van der Waals surface area (Å²) in [6.45, 7) is 10.7. The van der Waals surface area contributed by atoms with E-state index in [2.05, 4.69) is 37.6 Å². The van der Waals surface area contributed by atoms with E-state index in [0.717, 1.165) is 5.56 Å². The summed E-state index contributed by atoms with van der Waals surface area (Å²) in [7, 11) is -3.58. The van der Waals surface area contributed by atoms with Crippen LogP contribution in [-0.2, 0) is 15.4 Å². The first kappa shape index (κ1) is 19.5. The van der Waals surface area contributed by atoms with E-state index in [1.54, 1.807) is 24.3 Å². The maximum absolute atomic E-state index is 12.6. The second kappa shape index (κ2) is 7.58. The van der Waals surface area contributed by atoms with E-state index in [-0.39, 0.29) is 16.4 Å². The van der Waals surface area contributed by atoms with Gasteiger partial charge in [-0.2, -0.15) is 0 Å². The molecule has 0 saturated heterocycles. The molecule has 0 spiro atoms. The zero-order valence-corrected chi connectivity index (χ0v) is 16.4. The number of sulfonamides is 1. The lowest BCUT2D eigenvalue weighted by atomic mass is 9.86. The average molecular weight is 362 g/mol.